The summed E-state index contributed by atoms with van der Waals surface area (Å²) < 4.78 is 26.0. The molecule has 88 valence electrons. The van der Waals surface area contributed by atoms with Crippen LogP contribution in [0, 0.1) is 11.6 Å². The molecule has 2 amide bonds. The Bertz CT molecular complexity index is 382. The van der Waals surface area contributed by atoms with E-state index in [1.807, 2.05) is 0 Å². The van der Waals surface area contributed by atoms with Gasteiger partial charge in [0.05, 0.1) is 6.04 Å². The number of amides is 2. The third-order valence-electron chi connectivity index (χ3n) is 2.11. The zero-order valence-electron chi connectivity index (χ0n) is 9.18. The summed E-state index contributed by atoms with van der Waals surface area (Å²) in [4.78, 5) is 11.2. The van der Waals surface area contributed by atoms with Gasteiger partial charge in [0.15, 0.2) is 0 Å². The number of urea groups is 1. The minimum Gasteiger partial charge on any atom is -0.338 e. The second kappa shape index (κ2) is 5.44. The molecule has 0 spiro atoms. The molecule has 1 aromatic carbocycles. The van der Waals surface area contributed by atoms with Crippen LogP contribution in [0.25, 0.3) is 0 Å². The Balaban J connectivity index is 2.72. The minimum absolute atomic E-state index is 0.257. The molecule has 1 rings (SSSR count). The zero-order valence-corrected chi connectivity index (χ0v) is 9.18. The average molecular weight is 228 g/mol. The topological polar surface area (TPSA) is 41.1 Å². The van der Waals surface area contributed by atoms with Crippen LogP contribution in [0.15, 0.2) is 18.2 Å². The van der Waals surface area contributed by atoms with Gasteiger partial charge in [-0.05, 0) is 19.9 Å². The number of benzene rings is 1. The second-order valence-corrected chi connectivity index (χ2v) is 3.39. The lowest BCUT2D eigenvalue weighted by Gasteiger charge is -2.15. The van der Waals surface area contributed by atoms with E-state index < -0.39 is 17.7 Å². The molecule has 1 aromatic rings. The minimum atomic E-state index is -0.663. The molecule has 0 saturated heterocycles. The van der Waals surface area contributed by atoms with Crippen LogP contribution in [0.5, 0.6) is 0 Å². The van der Waals surface area contributed by atoms with Crippen LogP contribution in [0.1, 0.15) is 25.5 Å². The molecule has 0 aromatic heterocycles. The molecule has 0 bridgehead atoms. The third kappa shape index (κ3) is 3.18. The van der Waals surface area contributed by atoms with Gasteiger partial charge >= 0.3 is 6.03 Å². The van der Waals surface area contributed by atoms with Crippen molar-refractivity contribution in [2.24, 2.45) is 0 Å². The molecule has 0 fully saturated rings. The summed E-state index contributed by atoms with van der Waals surface area (Å²) in [5, 5.41) is 5.08. The van der Waals surface area contributed by atoms with Crippen LogP contribution in [0.4, 0.5) is 13.6 Å². The molecule has 2 N–H and O–H groups in total. The molecular formula is C11H14F2N2O. The quantitative estimate of drug-likeness (QED) is 0.819. The van der Waals surface area contributed by atoms with Crippen molar-refractivity contribution in [1.29, 1.82) is 0 Å². The van der Waals surface area contributed by atoms with Gasteiger partial charge in [-0.15, -0.1) is 0 Å². The van der Waals surface area contributed by atoms with Gasteiger partial charge in [-0.2, -0.15) is 0 Å². The van der Waals surface area contributed by atoms with Gasteiger partial charge in [-0.1, -0.05) is 6.07 Å². The van der Waals surface area contributed by atoms with E-state index >= 15 is 0 Å². The molecule has 0 aliphatic carbocycles. The lowest BCUT2D eigenvalue weighted by Crippen LogP contribution is -2.37. The second-order valence-electron chi connectivity index (χ2n) is 3.39. The molecule has 0 heterocycles. The zero-order chi connectivity index (χ0) is 12.1. The van der Waals surface area contributed by atoms with E-state index in [1.165, 1.54) is 6.07 Å². The van der Waals surface area contributed by atoms with Crippen molar-refractivity contribution in [3.63, 3.8) is 0 Å². The van der Waals surface area contributed by atoms with E-state index in [0.29, 0.717) is 6.54 Å². The molecule has 0 radical (unpaired) electrons. The van der Waals surface area contributed by atoms with Crippen LogP contribution in [-0.4, -0.2) is 12.6 Å². The van der Waals surface area contributed by atoms with Crippen molar-refractivity contribution in [3.8, 4) is 0 Å². The number of rotatable bonds is 3. The lowest BCUT2D eigenvalue weighted by molar-refractivity contribution is 0.238. The summed E-state index contributed by atoms with van der Waals surface area (Å²) in [5.74, 6) is -1.30. The monoisotopic (exact) mass is 228 g/mol. The summed E-state index contributed by atoms with van der Waals surface area (Å²) in [6, 6.07) is 2.40. The normalized spacial score (nSPS) is 12.0. The maximum absolute atomic E-state index is 13.3. The Morgan fingerprint density at radius 3 is 2.69 bits per heavy atom. The number of carbonyl (C=O) groups excluding carboxylic acids is 1. The fourth-order valence-corrected chi connectivity index (χ4v) is 1.34. The Hall–Kier alpha value is -1.65. The van der Waals surface area contributed by atoms with E-state index in [1.54, 1.807) is 13.8 Å². The van der Waals surface area contributed by atoms with E-state index in [9.17, 15) is 13.6 Å². The van der Waals surface area contributed by atoms with Crippen molar-refractivity contribution in [2.75, 3.05) is 6.54 Å². The number of hydrogen-bond donors (Lipinski definition) is 2. The van der Waals surface area contributed by atoms with E-state index in [2.05, 4.69) is 10.6 Å². The van der Waals surface area contributed by atoms with Crippen LogP contribution >= 0.6 is 0 Å². The summed E-state index contributed by atoms with van der Waals surface area (Å²) in [5.41, 5.74) is 0.257. The van der Waals surface area contributed by atoms with E-state index in [-0.39, 0.29) is 11.6 Å². The van der Waals surface area contributed by atoms with Gasteiger partial charge in [-0.3, -0.25) is 0 Å². The molecule has 1 atom stereocenters. The fourth-order valence-electron chi connectivity index (χ4n) is 1.34. The lowest BCUT2D eigenvalue weighted by atomic mass is 10.1. The molecule has 3 nitrogen and oxygen atoms in total. The molecule has 1 unspecified atom stereocenters. The Labute approximate surface area is 92.8 Å². The van der Waals surface area contributed by atoms with Gasteiger partial charge in [-0.25, -0.2) is 13.6 Å². The highest BCUT2D eigenvalue weighted by molar-refractivity contribution is 5.74. The Morgan fingerprint density at radius 2 is 2.12 bits per heavy atom. The van der Waals surface area contributed by atoms with Crippen molar-refractivity contribution in [1.82, 2.24) is 10.6 Å². The predicted molar refractivity (Wildman–Crippen MR) is 57.0 cm³/mol. The first-order chi connectivity index (χ1) is 7.54. The number of carbonyl (C=O) groups is 1. The first kappa shape index (κ1) is 12.4. The standard InChI is InChI=1S/C11H14F2N2O/c1-3-14-11(16)15-7(2)9-5-4-8(12)6-10(9)13/h4-7H,3H2,1-2H3,(H2,14,15,16). The van der Waals surface area contributed by atoms with Gasteiger partial charge in [0.2, 0.25) is 0 Å². The molecule has 5 heteroatoms. The van der Waals surface area contributed by atoms with Gasteiger partial charge in [0.25, 0.3) is 0 Å². The van der Waals surface area contributed by atoms with Crippen molar-refractivity contribution in [3.05, 3.63) is 35.4 Å². The summed E-state index contributed by atoms with van der Waals surface area (Å²) in [7, 11) is 0. The summed E-state index contributed by atoms with van der Waals surface area (Å²) in [6.45, 7) is 3.90. The van der Waals surface area contributed by atoms with E-state index in [0.717, 1.165) is 12.1 Å². The van der Waals surface area contributed by atoms with Crippen LogP contribution < -0.4 is 10.6 Å². The predicted octanol–water partition coefficient (Wildman–Crippen LogP) is 2.34. The molecule has 0 aliphatic heterocycles. The SMILES string of the molecule is CCNC(=O)NC(C)c1ccc(F)cc1F. The van der Waals surface area contributed by atoms with Crippen LogP contribution in [0.2, 0.25) is 0 Å². The first-order valence-electron chi connectivity index (χ1n) is 5.04. The van der Waals surface area contributed by atoms with Crippen molar-refractivity contribution in [2.45, 2.75) is 19.9 Å². The smallest absolute Gasteiger partial charge is 0.315 e. The first-order valence-corrected chi connectivity index (χ1v) is 5.04. The maximum Gasteiger partial charge on any atom is 0.315 e. The largest absolute Gasteiger partial charge is 0.338 e. The third-order valence-corrected chi connectivity index (χ3v) is 2.11. The van der Waals surface area contributed by atoms with Crippen molar-refractivity contribution < 1.29 is 13.6 Å². The number of nitrogens with one attached hydrogen (secondary N) is 2. The summed E-state index contributed by atoms with van der Waals surface area (Å²) >= 11 is 0. The highest BCUT2D eigenvalue weighted by Crippen LogP contribution is 2.17. The Kier molecular flexibility index (Phi) is 4.22. The van der Waals surface area contributed by atoms with Crippen LogP contribution in [-0.2, 0) is 0 Å². The average Bonchev–Trinajstić information content (AvgIpc) is 2.17. The van der Waals surface area contributed by atoms with E-state index in [4.69, 9.17) is 0 Å². The van der Waals surface area contributed by atoms with Crippen molar-refractivity contribution >= 4 is 6.03 Å². The Morgan fingerprint density at radius 1 is 1.44 bits per heavy atom. The number of halogens is 2. The summed E-state index contributed by atoms with van der Waals surface area (Å²) in [6.07, 6.45) is 0. The van der Waals surface area contributed by atoms with Gasteiger partial charge in [0, 0.05) is 18.2 Å². The molecular weight excluding hydrogens is 214 g/mol. The maximum atomic E-state index is 13.3. The highest BCUT2D eigenvalue weighted by atomic mass is 19.1. The van der Waals surface area contributed by atoms with Gasteiger partial charge < -0.3 is 10.6 Å². The van der Waals surface area contributed by atoms with Gasteiger partial charge in [0.1, 0.15) is 11.6 Å². The van der Waals surface area contributed by atoms with Crippen LogP contribution in [0.3, 0.4) is 0 Å². The molecule has 0 aliphatic rings. The molecule has 0 saturated carbocycles. The fraction of sp³-hybridized carbons (Fsp3) is 0.364. The number of hydrogen-bond acceptors (Lipinski definition) is 1. The molecule has 16 heavy (non-hydrogen) atoms. The highest BCUT2D eigenvalue weighted by Gasteiger charge is 2.13.